The van der Waals surface area contributed by atoms with Crippen LogP contribution >= 0.6 is 0 Å². The van der Waals surface area contributed by atoms with Gasteiger partial charge >= 0.3 is 0 Å². The Bertz CT molecular complexity index is 951. The summed E-state index contributed by atoms with van der Waals surface area (Å²) in [5, 5.41) is 0.881. The number of fused-ring (bicyclic) bond motifs is 1. The Morgan fingerprint density at radius 3 is 2.63 bits per heavy atom. The van der Waals surface area contributed by atoms with Crippen LogP contribution in [0, 0.1) is 0 Å². The van der Waals surface area contributed by atoms with E-state index in [1.54, 1.807) is 4.90 Å². The lowest BCUT2D eigenvalue weighted by Gasteiger charge is -2.26. The van der Waals surface area contributed by atoms with Crippen LogP contribution in [0.5, 0.6) is 5.75 Å². The van der Waals surface area contributed by atoms with Gasteiger partial charge in [0.2, 0.25) is 0 Å². The van der Waals surface area contributed by atoms with E-state index in [0.29, 0.717) is 37.7 Å². The van der Waals surface area contributed by atoms with Crippen molar-refractivity contribution in [2.24, 2.45) is 0 Å². The summed E-state index contributed by atoms with van der Waals surface area (Å²) in [6.45, 7) is 2.36. The molecular formula is C21H21N3O3. The summed E-state index contributed by atoms with van der Waals surface area (Å²) in [7, 11) is 0. The van der Waals surface area contributed by atoms with E-state index in [1.807, 2.05) is 54.6 Å². The van der Waals surface area contributed by atoms with E-state index in [-0.39, 0.29) is 12.5 Å². The van der Waals surface area contributed by atoms with Crippen LogP contribution in [0.2, 0.25) is 0 Å². The summed E-state index contributed by atoms with van der Waals surface area (Å²) in [6.07, 6.45) is 0. The van der Waals surface area contributed by atoms with Crippen LogP contribution in [0.15, 0.2) is 54.6 Å². The molecule has 2 aromatic carbocycles. The topological polar surface area (TPSA) is 77.7 Å². The van der Waals surface area contributed by atoms with Crippen molar-refractivity contribution >= 4 is 22.5 Å². The molecule has 0 aliphatic carbocycles. The Labute approximate surface area is 157 Å². The fraction of sp³-hybridized carbons (Fsp3) is 0.238. The minimum atomic E-state index is -0.0340. The van der Waals surface area contributed by atoms with E-state index < -0.39 is 0 Å². The number of nitrogens with zero attached hydrogens (tertiary/aromatic N) is 2. The Balaban J connectivity index is 1.62. The maximum absolute atomic E-state index is 12.4. The molecule has 0 saturated carbocycles. The van der Waals surface area contributed by atoms with Gasteiger partial charge in [-0.05, 0) is 24.3 Å². The maximum atomic E-state index is 12.4. The number of ether oxygens (including phenoxy) is 2. The number of morpholine rings is 1. The van der Waals surface area contributed by atoms with E-state index in [1.165, 1.54) is 0 Å². The van der Waals surface area contributed by atoms with Crippen LogP contribution in [0.25, 0.3) is 22.2 Å². The zero-order chi connectivity index (χ0) is 18.6. The minimum Gasteiger partial charge on any atom is -0.483 e. The third kappa shape index (κ3) is 3.85. The number of benzene rings is 2. The van der Waals surface area contributed by atoms with Crippen molar-refractivity contribution in [2.75, 3.05) is 38.6 Å². The highest BCUT2D eigenvalue weighted by Crippen LogP contribution is 2.30. The summed E-state index contributed by atoms with van der Waals surface area (Å²) >= 11 is 0. The molecule has 6 heteroatoms. The van der Waals surface area contributed by atoms with Gasteiger partial charge in [-0.2, -0.15) is 0 Å². The van der Waals surface area contributed by atoms with Gasteiger partial charge in [-0.15, -0.1) is 0 Å². The molecule has 1 saturated heterocycles. The predicted molar refractivity (Wildman–Crippen MR) is 104 cm³/mol. The van der Waals surface area contributed by atoms with E-state index in [0.717, 1.165) is 22.2 Å². The first-order valence-corrected chi connectivity index (χ1v) is 8.95. The highest BCUT2D eigenvalue weighted by atomic mass is 16.5. The number of hydrogen-bond acceptors (Lipinski definition) is 5. The molecule has 2 heterocycles. The standard InChI is InChI=1S/C21H21N3O3/c22-16-7-5-15(6-8-16)19-13-20(17-3-1-2-4-18(17)23-19)27-14-21(25)24-9-11-26-12-10-24/h1-8,13H,9-12,14,22H2. The van der Waals surface area contributed by atoms with Gasteiger partial charge in [0.25, 0.3) is 5.91 Å². The van der Waals surface area contributed by atoms with E-state index >= 15 is 0 Å². The molecule has 1 aliphatic heterocycles. The van der Waals surface area contributed by atoms with Crippen molar-refractivity contribution in [1.82, 2.24) is 9.88 Å². The quantitative estimate of drug-likeness (QED) is 0.721. The highest BCUT2D eigenvalue weighted by Gasteiger charge is 2.18. The lowest BCUT2D eigenvalue weighted by atomic mass is 10.1. The summed E-state index contributed by atoms with van der Waals surface area (Å²) in [5.74, 6) is 0.613. The second kappa shape index (κ2) is 7.63. The smallest absolute Gasteiger partial charge is 0.260 e. The molecule has 1 aromatic heterocycles. The van der Waals surface area contributed by atoms with E-state index in [9.17, 15) is 4.79 Å². The third-order valence-electron chi connectivity index (χ3n) is 4.60. The lowest BCUT2D eigenvalue weighted by Crippen LogP contribution is -2.43. The average Bonchev–Trinajstić information content (AvgIpc) is 2.72. The molecule has 3 aromatic rings. The van der Waals surface area contributed by atoms with Gasteiger partial charge in [0.15, 0.2) is 6.61 Å². The van der Waals surface area contributed by atoms with Gasteiger partial charge < -0.3 is 20.1 Å². The van der Waals surface area contributed by atoms with Crippen molar-refractivity contribution in [2.45, 2.75) is 0 Å². The van der Waals surface area contributed by atoms with E-state index in [4.69, 9.17) is 20.2 Å². The molecular weight excluding hydrogens is 342 g/mol. The van der Waals surface area contributed by atoms with Crippen LogP contribution in [-0.2, 0) is 9.53 Å². The van der Waals surface area contributed by atoms with Crippen molar-refractivity contribution in [3.8, 4) is 17.0 Å². The first-order valence-electron chi connectivity index (χ1n) is 8.95. The number of carbonyl (C=O) groups is 1. The Kier molecular flexibility index (Phi) is 4.89. The Hall–Kier alpha value is -3.12. The van der Waals surface area contributed by atoms with Crippen LogP contribution in [-0.4, -0.2) is 48.7 Å². The van der Waals surface area contributed by atoms with Gasteiger partial charge in [-0.1, -0.05) is 24.3 Å². The van der Waals surface area contributed by atoms with Gasteiger partial charge in [0.1, 0.15) is 5.75 Å². The Morgan fingerprint density at radius 2 is 1.85 bits per heavy atom. The van der Waals surface area contributed by atoms with Crippen molar-refractivity contribution in [3.05, 3.63) is 54.6 Å². The molecule has 138 valence electrons. The molecule has 0 radical (unpaired) electrons. The number of hydrogen-bond donors (Lipinski definition) is 1. The van der Waals surface area contributed by atoms with Gasteiger partial charge in [-0.25, -0.2) is 4.98 Å². The van der Waals surface area contributed by atoms with Crippen molar-refractivity contribution < 1.29 is 14.3 Å². The van der Waals surface area contributed by atoms with E-state index in [2.05, 4.69) is 0 Å². The molecule has 1 fully saturated rings. The van der Waals surface area contributed by atoms with Gasteiger partial charge in [-0.3, -0.25) is 4.79 Å². The average molecular weight is 363 g/mol. The number of carbonyl (C=O) groups excluding carboxylic acids is 1. The number of nitrogens with two attached hydrogens (primary N) is 1. The lowest BCUT2D eigenvalue weighted by molar-refractivity contribution is -0.137. The molecule has 0 atom stereocenters. The molecule has 6 nitrogen and oxygen atoms in total. The number of aromatic nitrogens is 1. The van der Waals surface area contributed by atoms with Gasteiger partial charge in [0, 0.05) is 35.8 Å². The molecule has 4 rings (SSSR count). The Morgan fingerprint density at radius 1 is 1.11 bits per heavy atom. The van der Waals surface area contributed by atoms with Crippen LogP contribution in [0.3, 0.4) is 0 Å². The normalized spacial score (nSPS) is 14.3. The second-order valence-corrected chi connectivity index (χ2v) is 6.43. The first kappa shape index (κ1) is 17.3. The second-order valence-electron chi connectivity index (χ2n) is 6.43. The molecule has 1 amide bonds. The zero-order valence-electron chi connectivity index (χ0n) is 14.9. The number of nitrogen functional groups attached to an aromatic ring is 1. The molecule has 0 spiro atoms. The molecule has 1 aliphatic rings. The predicted octanol–water partition coefficient (Wildman–Crippen LogP) is 2.72. The van der Waals surface area contributed by atoms with Gasteiger partial charge in [0.05, 0.1) is 24.4 Å². The fourth-order valence-electron chi connectivity index (χ4n) is 3.11. The number of pyridine rings is 1. The van der Waals surface area contributed by atoms with Crippen LogP contribution < -0.4 is 10.5 Å². The highest BCUT2D eigenvalue weighted by molar-refractivity contribution is 5.88. The minimum absolute atomic E-state index is 0.00478. The fourth-order valence-corrected chi connectivity index (χ4v) is 3.11. The monoisotopic (exact) mass is 363 g/mol. The van der Waals surface area contributed by atoms with Crippen molar-refractivity contribution in [3.63, 3.8) is 0 Å². The molecule has 27 heavy (non-hydrogen) atoms. The number of amides is 1. The van der Waals surface area contributed by atoms with Crippen LogP contribution in [0.1, 0.15) is 0 Å². The first-order chi connectivity index (χ1) is 13.2. The molecule has 2 N–H and O–H groups in total. The summed E-state index contributed by atoms with van der Waals surface area (Å²) in [5.41, 5.74) is 9.03. The number of para-hydroxylation sites is 1. The molecule has 0 unspecified atom stereocenters. The van der Waals surface area contributed by atoms with Crippen molar-refractivity contribution in [1.29, 1.82) is 0 Å². The number of rotatable bonds is 4. The SMILES string of the molecule is Nc1ccc(-c2cc(OCC(=O)N3CCOCC3)c3ccccc3n2)cc1. The summed E-state index contributed by atoms with van der Waals surface area (Å²) < 4.78 is 11.2. The maximum Gasteiger partial charge on any atom is 0.260 e. The largest absolute Gasteiger partial charge is 0.483 e. The third-order valence-corrected chi connectivity index (χ3v) is 4.60. The molecule has 0 bridgehead atoms. The zero-order valence-corrected chi connectivity index (χ0v) is 14.9. The summed E-state index contributed by atoms with van der Waals surface area (Å²) in [4.78, 5) is 18.9. The van der Waals surface area contributed by atoms with Crippen LogP contribution in [0.4, 0.5) is 5.69 Å². The summed E-state index contributed by atoms with van der Waals surface area (Å²) in [6, 6.07) is 17.2. The number of anilines is 1.